The normalized spacial score (nSPS) is 20.5. The molecule has 3 rings (SSSR count). The maximum Gasteiger partial charge on any atom is 0.234 e. The molecule has 1 heterocycles. The van der Waals surface area contributed by atoms with Crippen LogP contribution in [0.4, 0.5) is 5.13 Å². The Bertz CT molecular complexity index is 1030. The van der Waals surface area contributed by atoms with Crippen LogP contribution in [0.15, 0.2) is 39.2 Å². The van der Waals surface area contributed by atoms with Gasteiger partial charge in [-0.2, -0.15) is 0 Å². The Morgan fingerprint density at radius 3 is 2.50 bits per heavy atom. The Morgan fingerprint density at radius 2 is 1.89 bits per heavy atom. The number of halogens is 2. The molecule has 1 fully saturated rings. The van der Waals surface area contributed by atoms with Crippen molar-refractivity contribution in [2.45, 2.75) is 30.9 Å². The number of sulfone groups is 1. The van der Waals surface area contributed by atoms with Gasteiger partial charge in [-0.15, -0.1) is 10.2 Å². The zero-order valence-electron chi connectivity index (χ0n) is 15.4. The average molecular weight is 460 g/mol. The van der Waals surface area contributed by atoms with Crippen molar-refractivity contribution in [1.29, 1.82) is 0 Å². The summed E-state index contributed by atoms with van der Waals surface area (Å²) in [5, 5.41) is 10.4. The Balaban J connectivity index is 1.69. The molecular weight excluding hydrogens is 441 g/mol. The van der Waals surface area contributed by atoms with Crippen molar-refractivity contribution < 1.29 is 13.2 Å². The molecule has 0 unspecified atom stereocenters. The van der Waals surface area contributed by atoms with E-state index in [1.807, 2.05) is 32.9 Å². The second kappa shape index (κ2) is 7.74. The summed E-state index contributed by atoms with van der Waals surface area (Å²) in [6.45, 7) is 5.81. The fourth-order valence-electron chi connectivity index (χ4n) is 3.16. The third-order valence-electron chi connectivity index (χ3n) is 4.88. The van der Waals surface area contributed by atoms with Gasteiger partial charge >= 0.3 is 0 Å². The molecule has 1 aliphatic rings. The summed E-state index contributed by atoms with van der Waals surface area (Å²) in [4.78, 5) is 12.5. The molecule has 1 N–H and O–H groups in total. The monoisotopic (exact) mass is 459 g/mol. The molecule has 0 bridgehead atoms. The molecule has 1 aromatic carbocycles. The van der Waals surface area contributed by atoms with Gasteiger partial charge in [-0.25, -0.2) is 8.42 Å². The van der Waals surface area contributed by atoms with Crippen LogP contribution >= 0.6 is 34.5 Å². The van der Waals surface area contributed by atoms with Gasteiger partial charge in [0.05, 0.1) is 11.7 Å². The number of rotatable bonds is 6. The lowest BCUT2D eigenvalue weighted by Gasteiger charge is -2.02. The largest absolute Gasteiger partial charge is 0.300 e. The van der Waals surface area contributed by atoms with Crippen LogP contribution in [0.25, 0.3) is 0 Å². The maximum atomic E-state index is 12.6. The number of allylic oxidation sites excluding steroid dienone is 1. The number of nitrogens with one attached hydrogen (secondary N) is 1. The van der Waals surface area contributed by atoms with E-state index in [0.29, 0.717) is 5.56 Å². The summed E-state index contributed by atoms with van der Waals surface area (Å²) in [7, 11) is -3.65. The Hall–Kier alpha value is -1.48. The minimum absolute atomic E-state index is 0.0878. The van der Waals surface area contributed by atoms with Crippen LogP contribution in [0.1, 0.15) is 25.0 Å². The van der Waals surface area contributed by atoms with Crippen LogP contribution in [-0.4, -0.2) is 24.5 Å². The molecule has 2 atom stereocenters. The second-order valence-electron chi connectivity index (χ2n) is 7.39. The van der Waals surface area contributed by atoms with Gasteiger partial charge in [0.15, 0.2) is 0 Å². The van der Waals surface area contributed by atoms with Gasteiger partial charge in [0.1, 0.15) is 4.49 Å². The lowest BCUT2D eigenvalue weighted by molar-refractivity contribution is -0.118. The van der Waals surface area contributed by atoms with Gasteiger partial charge in [0.2, 0.25) is 25.2 Å². The van der Waals surface area contributed by atoms with E-state index < -0.39 is 9.84 Å². The van der Waals surface area contributed by atoms with Crippen molar-refractivity contribution in [3.05, 3.63) is 46.0 Å². The van der Waals surface area contributed by atoms with Gasteiger partial charge in [0, 0.05) is 0 Å². The SMILES string of the molecule is Cc1ccc(CS(=O)(=O)c2nnc(NC(=O)[C@@H]3[C@@H](C=C(Cl)Cl)C3(C)C)s2)cc1. The molecule has 150 valence electrons. The van der Waals surface area contributed by atoms with Crippen molar-refractivity contribution in [1.82, 2.24) is 10.2 Å². The number of benzene rings is 1. The van der Waals surface area contributed by atoms with Gasteiger partial charge in [-0.3, -0.25) is 4.79 Å². The van der Waals surface area contributed by atoms with E-state index in [-0.39, 0.29) is 42.9 Å². The van der Waals surface area contributed by atoms with E-state index in [2.05, 4.69) is 15.5 Å². The smallest absolute Gasteiger partial charge is 0.234 e. The molecule has 0 radical (unpaired) electrons. The first-order valence-corrected chi connectivity index (χ1v) is 11.7. The second-order valence-corrected chi connectivity index (χ2v) is 11.5. The van der Waals surface area contributed by atoms with Crippen molar-refractivity contribution in [2.75, 3.05) is 5.32 Å². The fraction of sp³-hybridized carbons (Fsp3) is 0.389. The number of carbonyl (C=O) groups excluding carboxylic acids is 1. The van der Waals surface area contributed by atoms with E-state index in [1.54, 1.807) is 18.2 Å². The van der Waals surface area contributed by atoms with Crippen LogP contribution in [0, 0.1) is 24.2 Å². The van der Waals surface area contributed by atoms with Crippen LogP contribution in [0.3, 0.4) is 0 Å². The van der Waals surface area contributed by atoms with E-state index in [0.717, 1.165) is 16.9 Å². The van der Waals surface area contributed by atoms with Gasteiger partial charge in [0.25, 0.3) is 0 Å². The first kappa shape index (κ1) is 21.2. The molecule has 1 saturated carbocycles. The summed E-state index contributed by atoms with van der Waals surface area (Å²) in [5.74, 6) is -0.849. The predicted octanol–water partition coefficient (Wildman–Crippen LogP) is 4.35. The fourth-order valence-corrected chi connectivity index (χ4v) is 5.75. The van der Waals surface area contributed by atoms with Crippen molar-refractivity contribution in [3.8, 4) is 0 Å². The molecule has 1 amide bonds. The molecule has 0 aliphatic heterocycles. The molecule has 6 nitrogen and oxygen atoms in total. The molecule has 10 heteroatoms. The quantitative estimate of drug-likeness (QED) is 0.648. The number of nitrogens with zero attached hydrogens (tertiary/aromatic N) is 2. The highest BCUT2D eigenvalue weighted by Crippen LogP contribution is 2.60. The van der Waals surface area contributed by atoms with E-state index in [4.69, 9.17) is 23.2 Å². The third-order valence-corrected chi connectivity index (χ3v) is 8.10. The Labute approximate surface area is 177 Å². The lowest BCUT2D eigenvalue weighted by atomic mass is 10.1. The molecule has 1 aliphatic carbocycles. The minimum Gasteiger partial charge on any atom is -0.300 e. The highest BCUT2D eigenvalue weighted by molar-refractivity contribution is 7.92. The van der Waals surface area contributed by atoms with Crippen LogP contribution < -0.4 is 5.32 Å². The first-order valence-electron chi connectivity index (χ1n) is 8.46. The number of hydrogen-bond acceptors (Lipinski definition) is 6. The van der Waals surface area contributed by atoms with Crippen LogP contribution in [0.2, 0.25) is 0 Å². The third kappa shape index (κ3) is 4.56. The average Bonchev–Trinajstić information content (AvgIpc) is 2.93. The summed E-state index contributed by atoms with van der Waals surface area (Å²) in [6.07, 6.45) is 1.64. The number of anilines is 1. The predicted molar refractivity (Wildman–Crippen MR) is 111 cm³/mol. The number of hydrogen-bond donors (Lipinski definition) is 1. The van der Waals surface area contributed by atoms with Crippen molar-refractivity contribution >= 4 is 55.4 Å². The van der Waals surface area contributed by atoms with Gasteiger partial charge in [-0.1, -0.05) is 78.2 Å². The van der Waals surface area contributed by atoms with Crippen LogP contribution in [-0.2, 0) is 20.4 Å². The molecule has 2 aromatic rings. The topological polar surface area (TPSA) is 89.0 Å². The number of aryl methyl sites for hydroxylation is 1. The summed E-state index contributed by atoms with van der Waals surface area (Å²) >= 11 is 12.3. The molecule has 28 heavy (non-hydrogen) atoms. The number of aromatic nitrogens is 2. The van der Waals surface area contributed by atoms with E-state index >= 15 is 0 Å². The number of carbonyl (C=O) groups is 1. The zero-order chi connectivity index (χ0) is 20.7. The van der Waals surface area contributed by atoms with E-state index in [1.165, 1.54) is 0 Å². The highest BCUT2D eigenvalue weighted by Gasteiger charge is 2.60. The van der Waals surface area contributed by atoms with Crippen molar-refractivity contribution in [2.24, 2.45) is 17.3 Å². The van der Waals surface area contributed by atoms with E-state index in [9.17, 15) is 13.2 Å². The molecular formula is C18H19Cl2N3O3S2. The summed E-state index contributed by atoms with van der Waals surface area (Å²) in [6, 6.07) is 7.24. The first-order chi connectivity index (χ1) is 13.0. The summed E-state index contributed by atoms with van der Waals surface area (Å²) in [5.41, 5.74) is 1.43. The standard InChI is InChI=1S/C18H19Cl2N3O3S2/c1-10-4-6-11(7-5-10)9-28(25,26)17-23-22-16(27-17)21-15(24)14-12(8-13(19)20)18(14,2)3/h4-8,12,14H,9H2,1-3H3,(H,21,22,24)/t12-,14+/m1/s1. The minimum atomic E-state index is -3.65. The molecule has 0 spiro atoms. The van der Waals surface area contributed by atoms with Crippen LogP contribution in [0.5, 0.6) is 0 Å². The maximum absolute atomic E-state index is 12.6. The highest BCUT2D eigenvalue weighted by atomic mass is 35.5. The Morgan fingerprint density at radius 1 is 1.25 bits per heavy atom. The Kier molecular flexibility index (Phi) is 5.87. The van der Waals surface area contributed by atoms with Gasteiger partial charge in [-0.05, 0) is 29.9 Å². The van der Waals surface area contributed by atoms with Crippen molar-refractivity contribution in [3.63, 3.8) is 0 Å². The number of amides is 1. The molecule has 1 aromatic heterocycles. The van der Waals surface area contributed by atoms with Gasteiger partial charge < -0.3 is 5.32 Å². The molecule has 0 saturated heterocycles. The zero-order valence-corrected chi connectivity index (χ0v) is 18.6. The lowest BCUT2D eigenvalue weighted by Crippen LogP contribution is -2.16. The summed E-state index contributed by atoms with van der Waals surface area (Å²) < 4.78 is 25.1.